The van der Waals surface area contributed by atoms with Crippen LogP contribution in [0.5, 0.6) is 0 Å². The van der Waals surface area contributed by atoms with Crippen LogP contribution in [0.4, 0.5) is 0 Å². The maximum atomic E-state index is 6.30. The third-order valence-electron chi connectivity index (χ3n) is 3.40. The zero-order chi connectivity index (χ0) is 14.7. The molecule has 0 bridgehead atoms. The number of nitrogens with one attached hydrogen (secondary N) is 1. The van der Waals surface area contributed by atoms with Gasteiger partial charge in [0.1, 0.15) is 0 Å². The van der Waals surface area contributed by atoms with Gasteiger partial charge in [-0.3, -0.25) is 4.68 Å². The van der Waals surface area contributed by atoms with Gasteiger partial charge in [-0.25, -0.2) is 0 Å². The van der Waals surface area contributed by atoms with Gasteiger partial charge in [-0.05, 0) is 32.4 Å². The monoisotopic (exact) mass is 311 g/mol. The molecule has 0 saturated carbocycles. The fraction of sp³-hybridized carbons (Fsp3) is 0.400. The zero-order valence-electron chi connectivity index (χ0n) is 12.0. The standard InChI is InChI=1S/C15H19Cl2N3/c1-4-20-14(15(17)11(3)19-20)9-18-10(2)12-7-5-6-8-13(12)16/h5-8,10,18H,4,9H2,1-3H3/t10-/m0/s1. The van der Waals surface area contributed by atoms with Crippen LogP contribution in [0.3, 0.4) is 0 Å². The van der Waals surface area contributed by atoms with Crippen LogP contribution in [-0.2, 0) is 13.1 Å². The van der Waals surface area contributed by atoms with E-state index in [2.05, 4.69) is 24.3 Å². The van der Waals surface area contributed by atoms with E-state index in [0.717, 1.165) is 33.5 Å². The molecule has 108 valence electrons. The lowest BCUT2D eigenvalue weighted by atomic mass is 10.1. The Morgan fingerprint density at radius 2 is 2.00 bits per heavy atom. The second kappa shape index (κ2) is 6.61. The van der Waals surface area contributed by atoms with Crippen LogP contribution in [0.1, 0.15) is 36.8 Å². The Morgan fingerprint density at radius 3 is 2.65 bits per heavy atom. The van der Waals surface area contributed by atoms with Crippen LogP contribution in [-0.4, -0.2) is 9.78 Å². The molecule has 0 aliphatic carbocycles. The van der Waals surface area contributed by atoms with Crippen molar-refractivity contribution in [3.8, 4) is 0 Å². The molecule has 1 aromatic carbocycles. The van der Waals surface area contributed by atoms with E-state index < -0.39 is 0 Å². The highest BCUT2D eigenvalue weighted by Gasteiger charge is 2.14. The van der Waals surface area contributed by atoms with E-state index in [4.69, 9.17) is 23.2 Å². The summed E-state index contributed by atoms with van der Waals surface area (Å²) in [4.78, 5) is 0. The van der Waals surface area contributed by atoms with Crippen molar-refractivity contribution in [3.05, 3.63) is 51.3 Å². The van der Waals surface area contributed by atoms with Crippen LogP contribution in [0.2, 0.25) is 10.0 Å². The summed E-state index contributed by atoms with van der Waals surface area (Å²) >= 11 is 12.5. The van der Waals surface area contributed by atoms with Crippen LogP contribution in [0.25, 0.3) is 0 Å². The van der Waals surface area contributed by atoms with Crippen LogP contribution in [0.15, 0.2) is 24.3 Å². The Morgan fingerprint density at radius 1 is 1.30 bits per heavy atom. The Hall–Kier alpha value is -1.03. The van der Waals surface area contributed by atoms with Gasteiger partial charge in [0.05, 0.1) is 16.4 Å². The number of nitrogens with zero attached hydrogens (tertiary/aromatic N) is 2. The van der Waals surface area contributed by atoms with Crippen molar-refractivity contribution in [2.45, 2.75) is 39.9 Å². The molecule has 1 heterocycles. The molecular weight excluding hydrogens is 293 g/mol. The van der Waals surface area contributed by atoms with E-state index in [1.165, 1.54) is 0 Å². The average Bonchev–Trinajstić information content (AvgIpc) is 2.72. The molecule has 3 nitrogen and oxygen atoms in total. The molecule has 0 aliphatic rings. The number of halogens is 2. The minimum absolute atomic E-state index is 0.153. The third-order valence-corrected chi connectivity index (χ3v) is 4.24. The van der Waals surface area contributed by atoms with Crippen LogP contribution < -0.4 is 5.32 Å². The highest BCUT2D eigenvalue weighted by atomic mass is 35.5. The molecule has 0 aliphatic heterocycles. The van der Waals surface area contributed by atoms with Gasteiger partial charge in [-0.2, -0.15) is 5.10 Å². The number of aryl methyl sites for hydroxylation is 2. The molecule has 20 heavy (non-hydrogen) atoms. The molecular formula is C15H19Cl2N3. The Balaban J connectivity index is 2.11. The number of benzene rings is 1. The van der Waals surface area contributed by atoms with Crippen molar-refractivity contribution in [3.63, 3.8) is 0 Å². The quantitative estimate of drug-likeness (QED) is 0.888. The molecule has 5 heteroatoms. The molecule has 2 aromatic rings. The maximum Gasteiger partial charge on any atom is 0.0860 e. The number of hydrogen-bond acceptors (Lipinski definition) is 2. The summed E-state index contributed by atoms with van der Waals surface area (Å²) in [6, 6.07) is 8.02. The van der Waals surface area contributed by atoms with Crippen molar-refractivity contribution in [2.24, 2.45) is 0 Å². The fourth-order valence-electron chi connectivity index (χ4n) is 2.22. The first-order valence-electron chi connectivity index (χ1n) is 6.74. The number of hydrogen-bond donors (Lipinski definition) is 1. The van der Waals surface area contributed by atoms with E-state index in [-0.39, 0.29) is 6.04 Å². The maximum absolute atomic E-state index is 6.30. The van der Waals surface area contributed by atoms with Gasteiger partial charge >= 0.3 is 0 Å². The second-order valence-electron chi connectivity index (χ2n) is 4.79. The lowest BCUT2D eigenvalue weighted by Crippen LogP contribution is -2.20. The summed E-state index contributed by atoms with van der Waals surface area (Å²) in [6.45, 7) is 7.55. The first-order chi connectivity index (χ1) is 9.54. The Labute approximate surface area is 129 Å². The normalized spacial score (nSPS) is 12.7. The topological polar surface area (TPSA) is 29.9 Å². The third kappa shape index (κ3) is 3.17. The summed E-state index contributed by atoms with van der Waals surface area (Å²) in [6.07, 6.45) is 0. The molecule has 0 fully saturated rings. The molecule has 0 unspecified atom stereocenters. The van der Waals surface area contributed by atoms with Crippen molar-refractivity contribution in [2.75, 3.05) is 0 Å². The predicted molar refractivity (Wildman–Crippen MR) is 84.4 cm³/mol. The van der Waals surface area contributed by atoms with E-state index in [1.807, 2.05) is 35.9 Å². The highest BCUT2D eigenvalue weighted by molar-refractivity contribution is 6.32. The van der Waals surface area contributed by atoms with Crippen molar-refractivity contribution in [1.82, 2.24) is 15.1 Å². The second-order valence-corrected chi connectivity index (χ2v) is 5.57. The zero-order valence-corrected chi connectivity index (χ0v) is 13.5. The minimum atomic E-state index is 0.153. The Kier molecular flexibility index (Phi) is 5.08. The van der Waals surface area contributed by atoms with E-state index in [1.54, 1.807) is 0 Å². The van der Waals surface area contributed by atoms with Gasteiger partial charge in [0.25, 0.3) is 0 Å². The average molecular weight is 312 g/mol. The molecule has 1 atom stereocenters. The lowest BCUT2D eigenvalue weighted by Gasteiger charge is -2.16. The number of aromatic nitrogens is 2. The predicted octanol–water partition coefficient (Wildman–Crippen LogP) is 4.37. The van der Waals surface area contributed by atoms with E-state index in [0.29, 0.717) is 6.54 Å². The van der Waals surface area contributed by atoms with Gasteiger partial charge < -0.3 is 5.32 Å². The molecule has 0 amide bonds. The summed E-state index contributed by atoms with van der Waals surface area (Å²) < 4.78 is 1.93. The fourth-order valence-corrected chi connectivity index (χ4v) is 2.73. The highest BCUT2D eigenvalue weighted by Crippen LogP contribution is 2.24. The molecule has 0 saturated heterocycles. The molecule has 1 N–H and O–H groups in total. The largest absolute Gasteiger partial charge is 0.304 e. The van der Waals surface area contributed by atoms with Crippen LogP contribution >= 0.6 is 23.2 Å². The van der Waals surface area contributed by atoms with Gasteiger partial charge in [-0.15, -0.1) is 0 Å². The Bertz CT molecular complexity index is 593. The summed E-state index contributed by atoms with van der Waals surface area (Å²) in [5.41, 5.74) is 2.98. The van der Waals surface area contributed by atoms with E-state index in [9.17, 15) is 0 Å². The van der Waals surface area contributed by atoms with Crippen molar-refractivity contribution < 1.29 is 0 Å². The molecule has 1 aromatic heterocycles. The minimum Gasteiger partial charge on any atom is -0.304 e. The number of rotatable bonds is 5. The lowest BCUT2D eigenvalue weighted by molar-refractivity contribution is 0.531. The van der Waals surface area contributed by atoms with Gasteiger partial charge in [0.15, 0.2) is 0 Å². The van der Waals surface area contributed by atoms with Gasteiger partial charge in [0, 0.05) is 24.2 Å². The summed E-state index contributed by atoms with van der Waals surface area (Å²) in [5.74, 6) is 0. The molecule has 0 spiro atoms. The van der Waals surface area contributed by atoms with Crippen molar-refractivity contribution in [1.29, 1.82) is 0 Å². The van der Waals surface area contributed by atoms with Crippen molar-refractivity contribution >= 4 is 23.2 Å². The smallest absolute Gasteiger partial charge is 0.0860 e. The summed E-state index contributed by atoms with van der Waals surface area (Å²) in [5, 5.41) is 9.39. The molecule has 2 rings (SSSR count). The molecule has 0 radical (unpaired) electrons. The van der Waals surface area contributed by atoms with E-state index >= 15 is 0 Å². The summed E-state index contributed by atoms with van der Waals surface area (Å²) in [7, 11) is 0. The first kappa shape index (κ1) is 15.4. The first-order valence-corrected chi connectivity index (χ1v) is 7.49. The SMILES string of the molecule is CCn1nc(C)c(Cl)c1CN[C@@H](C)c1ccccc1Cl. The van der Waals surface area contributed by atoms with Gasteiger partial charge in [-0.1, -0.05) is 41.4 Å². The van der Waals surface area contributed by atoms with Gasteiger partial charge in [0.2, 0.25) is 0 Å². The van der Waals surface area contributed by atoms with Crippen LogP contribution in [0, 0.1) is 6.92 Å².